The third kappa shape index (κ3) is 2.89. The number of nitrogens with zero attached hydrogens (tertiary/aromatic N) is 1. The van der Waals surface area contributed by atoms with Crippen LogP contribution in [0.4, 0.5) is 0 Å². The van der Waals surface area contributed by atoms with E-state index in [-0.39, 0.29) is 38.9 Å². The Morgan fingerprint density at radius 1 is 1.21 bits per heavy atom. The van der Waals surface area contributed by atoms with Crippen molar-refractivity contribution in [3.8, 4) is 0 Å². The van der Waals surface area contributed by atoms with Gasteiger partial charge in [0.1, 0.15) is 5.15 Å². The highest BCUT2D eigenvalue weighted by Crippen LogP contribution is 2.36. The number of carbonyl (C=O) groups is 2. The van der Waals surface area contributed by atoms with E-state index in [2.05, 4.69) is 9.72 Å². The normalized spacial score (nSPS) is 18.3. The van der Waals surface area contributed by atoms with Crippen molar-refractivity contribution in [2.24, 2.45) is 0 Å². The third-order valence-electron chi connectivity index (χ3n) is 2.31. The van der Waals surface area contributed by atoms with Gasteiger partial charge in [-0.3, -0.25) is 0 Å². The second-order valence-electron chi connectivity index (χ2n) is 3.54. The van der Waals surface area contributed by atoms with Crippen molar-refractivity contribution in [2.75, 3.05) is 6.61 Å². The van der Waals surface area contributed by atoms with Gasteiger partial charge in [0.15, 0.2) is 5.69 Å². The number of aromatic nitrogens is 1. The number of carbonyl (C=O) groups excluding carboxylic acids is 2. The molecule has 19 heavy (non-hydrogen) atoms. The van der Waals surface area contributed by atoms with Gasteiger partial charge in [-0.1, -0.05) is 46.4 Å². The summed E-state index contributed by atoms with van der Waals surface area (Å²) in [5, 5.41) is -0.543. The van der Waals surface area contributed by atoms with E-state index in [0.29, 0.717) is 0 Å². The van der Waals surface area contributed by atoms with Gasteiger partial charge in [-0.15, -0.1) is 0 Å². The summed E-state index contributed by atoms with van der Waals surface area (Å²) in [6.45, 7) is 0.195. The minimum Gasteiger partial charge on any atom is -0.463 e. The Bertz CT molecular complexity index is 563. The SMILES string of the molecule is O=C(OC1CCOC1=O)c1nc(Cl)c(Cl)c(Cl)c1Cl. The van der Waals surface area contributed by atoms with Crippen molar-refractivity contribution in [3.63, 3.8) is 0 Å². The molecule has 0 amide bonds. The summed E-state index contributed by atoms with van der Waals surface area (Å²) in [5.41, 5.74) is -0.305. The minimum atomic E-state index is -0.974. The van der Waals surface area contributed by atoms with Gasteiger partial charge in [-0.05, 0) is 0 Å². The zero-order valence-electron chi connectivity index (χ0n) is 9.08. The number of ether oxygens (including phenoxy) is 2. The number of esters is 2. The lowest BCUT2D eigenvalue weighted by molar-refractivity contribution is -0.145. The van der Waals surface area contributed by atoms with Crippen LogP contribution in [-0.2, 0) is 14.3 Å². The van der Waals surface area contributed by atoms with Gasteiger partial charge in [0.2, 0.25) is 6.10 Å². The Hall–Kier alpha value is -0.750. The van der Waals surface area contributed by atoms with Gasteiger partial charge in [0.25, 0.3) is 0 Å². The maximum atomic E-state index is 11.8. The van der Waals surface area contributed by atoms with E-state index in [9.17, 15) is 9.59 Å². The smallest absolute Gasteiger partial charge is 0.359 e. The van der Waals surface area contributed by atoms with E-state index in [1.165, 1.54) is 0 Å². The second-order valence-corrected chi connectivity index (χ2v) is 5.04. The van der Waals surface area contributed by atoms with Crippen LogP contribution in [0.1, 0.15) is 16.9 Å². The highest BCUT2D eigenvalue weighted by atomic mass is 35.5. The molecule has 0 aliphatic carbocycles. The topological polar surface area (TPSA) is 65.5 Å². The van der Waals surface area contributed by atoms with Crippen LogP contribution in [0.25, 0.3) is 0 Å². The maximum Gasteiger partial charge on any atom is 0.359 e. The molecule has 0 N–H and O–H groups in total. The molecule has 9 heteroatoms. The molecule has 1 aromatic heterocycles. The number of halogens is 4. The summed E-state index contributed by atoms with van der Waals surface area (Å²) in [6, 6.07) is 0. The van der Waals surface area contributed by atoms with E-state index in [1.54, 1.807) is 0 Å². The average Bonchev–Trinajstić information content (AvgIpc) is 2.77. The zero-order valence-corrected chi connectivity index (χ0v) is 12.1. The first-order valence-corrected chi connectivity index (χ1v) is 6.50. The molecule has 102 valence electrons. The molecule has 0 saturated carbocycles. The van der Waals surface area contributed by atoms with E-state index >= 15 is 0 Å². The van der Waals surface area contributed by atoms with Gasteiger partial charge in [0.05, 0.1) is 21.7 Å². The summed E-state index contributed by atoms with van der Waals surface area (Å²) in [7, 11) is 0. The van der Waals surface area contributed by atoms with Gasteiger partial charge < -0.3 is 9.47 Å². The first-order chi connectivity index (χ1) is 8.91. The molecule has 0 bridgehead atoms. The van der Waals surface area contributed by atoms with E-state index < -0.39 is 18.0 Å². The highest BCUT2D eigenvalue weighted by Gasteiger charge is 2.32. The summed E-state index contributed by atoms with van der Waals surface area (Å²) in [4.78, 5) is 26.7. The lowest BCUT2D eigenvalue weighted by Crippen LogP contribution is -2.23. The Morgan fingerprint density at radius 3 is 2.47 bits per heavy atom. The largest absolute Gasteiger partial charge is 0.463 e. The van der Waals surface area contributed by atoms with Gasteiger partial charge in [-0.2, -0.15) is 0 Å². The fraction of sp³-hybridized carbons (Fsp3) is 0.300. The third-order valence-corrected chi connectivity index (χ3v) is 3.99. The molecule has 5 nitrogen and oxygen atoms in total. The Morgan fingerprint density at radius 2 is 1.89 bits per heavy atom. The maximum absolute atomic E-state index is 11.8. The molecule has 0 spiro atoms. The molecular formula is C10H5Cl4NO4. The molecule has 1 aliphatic rings. The highest BCUT2D eigenvalue weighted by molar-refractivity contribution is 6.52. The van der Waals surface area contributed by atoms with Crippen molar-refractivity contribution >= 4 is 58.3 Å². The molecule has 0 radical (unpaired) electrons. The molecule has 1 atom stereocenters. The lowest BCUT2D eigenvalue weighted by Gasteiger charge is -2.10. The molecule has 0 aromatic carbocycles. The van der Waals surface area contributed by atoms with E-state index in [4.69, 9.17) is 51.1 Å². The zero-order chi connectivity index (χ0) is 14.2. The van der Waals surface area contributed by atoms with Crippen molar-refractivity contribution in [3.05, 3.63) is 25.9 Å². The van der Waals surface area contributed by atoms with Crippen LogP contribution >= 0.6 is 46.4 Å². The van der Waals surface area contributed by atoms with Crippen LogP contribution in [0.15, 0.2) is 0 Å². The Labute approximate surface area is 127 Å². The molecular weight excluding hydrogens is 340 g/mol. The standard InChI is InChI=1S/C10H5Cl4NO4/c11-4-5(12)7(15-8(14)6(4)13)10(17)19-3-1-2-18-9(3)16/h3H,1-2H2. The summed E-state index contributed by atoms with van der Waals surface area (Å²) < 4.78 is 9.58. The summed E-state index contributed by atoms with van der Waals surface area (Å²) >= 11 is 23.0. The first-order valence-electron chi connectivity index (χ1n) is 4.99. The molecule has 2 rings (SSSR count). The predicted molar refractivity (Wildman–Crippen MR) is 69.1 cm³/mol. The van der Waals surface area contributed by atoms with E-state index in [0.717, 1.165) is 0 Å². The van der Waals surface area contributed by atoms with Crippen molar-refractivity contribution < 1.29 is 19.1 Å². The van der Waals surface area contributed by atoms with Crippen LogP contribution in [0.3, 0.4) is 0 Å². The molecule has 1 aromatic rings. The number of rotatable bonds is 2. The fourth-order valence-electron chi connectivity index (χ4n) is 1.39. The van der Waals surface area contributed by atoms with Crippen LogP contribution in [0.2, 0.25) is 20.2 Å². The molecule has 1 aliphatic heterocycles. The monoisotopic (exact) mass is 343 g/mol. The van der Waals surface area contributed by atoms with Gasteiger partial charge >= 0.3 is 11.9 Å². The number of pyridine rings is 1. The van der Waals surface area contributed by atoms with Crippen molar-refractivity contribution in [2.45, 2.75) is 12.5 Å². The second kappa shape index (κ2) is 5.71. The quantitative estimate of drug-likeness (QED) is 0.609. The molecule has 2 heterocycles. The van der Waals surface area contributed by atoms with Gasteiger partial charge in [0, 0.05) is 6.42 Å². The number of cyclic esters (lactones) is 1. The minimum absolute atomic E-state index is 0.0647. The van der Waals surface area contributed by atoms with Gasteiger partial charge in [-0.25, -0.2) is 14.6 Å². The van der Waals surface area contributed by atoms with Crippen LogP contribution < -0.4 is 0 Å². The molecule has 1 saturated heterocycles. The fourth-order valence-corrected chi connectivity index (χ4v) is 2.20. The Balaban J connectivity index is 2.27. The van der Waals surface area contributed by atoms with Crippen LogP contribution in [-0.4, -0.2) is 29.6 Å². The Kier molecular flexibility index (Phi) is 4.40. The number of hydrogen-bond donors (Lipinski definition) is 0. The van der Waals surface area contributed by atoms with Crippen molar-refractivity contribution in [1.29, 1.82) is 0 Å². The van der Waals surface area contributed by atoms with Crippen molar-refractivity contribution in [1.82, 2.24) is 4.98 Å². The first kappa shape index (κ1) is 14.7. The summed E-state index contributed by atoms with van der Waals surface area (Å²) in [6.07, 6.45) is -0.698. The average molecular weight is 345 g/mol. The lowest BCUT2D eigenvalue weighted by atomic mass is 10.3. The number of hydrogen-bond acceptors (Lipinski definition) is 5. The van der Waals surface area contributed by atoms with E-state index in [1.807, 2.05) is 0 Å². The summed E-state index contributed by atoms with van der Waals surface area (Å²) in [5.74, 6) is -1.54. The van der Waals surface area contributed by atoms with Crippen LogP contribution in [0, 0.1) is 0 Å². The molecule has 1 unspecified atom stereocenters. The predicted octanol–water partition coefficient (Wildman–Crippen LogP) is 3.17. The molecule has 1 fully saturated rings. The van der Waals surface area contributed by atoms with Crippen LogP contribution in [0.5, 0.6) is 0 Å².